The van der Waals surface area contributed by atoms with Gasteiger partial charge in [-0.2, -0.15) is 0 Å². The average Bonchev–Trinajstić information content (AvgIpc) is 3.20. The quantitative estimate of drug-likeness (QED) is 0.382. The van der Waals surface area contributed by atoms with Crippen LogP contribution in [0.5, 0.6) is 0 Å². The number of hydrogen-bond donors (Lipinski definition) is 0. The van der Waals surface area contributed by atoms with Gasteiger partial charge in [0.1, 0.15) is 4.83 Å². The van der Waals surface area contributed by atoms with Crippen LogP contribution in [0.1, 0.15) is 57.9 Å². The maximum Gasteiger partial charge on any atom is 0.197 e. The summed E-state index contributed by atoms with van der Waals surface area (Å²) in [6.45, 7) is 11.7. The zero-order chi connectivity index (χ0) is 19.2. The largest absolute Gasteiger partial charge is 0.369 e. The predicted octanol–water partition coefficient (Wildman–Crippen LogP) is 5.58. The molecule has 0 aromatic carbocycles. The van der Waals surface area contributed by atoms with E-state index in [9.17, 15) is 0 Å². The molecule has 27 heavy (non-hydrogen) atoms. The van der Waals surface area contributed by atoms with Gasteiger partial charge in [-0.25, -0.2) is 9.38 Å². The molecule has 4 rings (SSSR count). The third-order valence-corrected chi connectivity index (χ3v) is 8.13. The zero-order valence-corrected chi connectivity index (χ0v) is 19.0. The van der Waals surface area contributed by atoms with Crippen molar-refractivity contribution in [3.05, 3.63) is 10.4 Å². The van der Waals surface area contributed by atoms with E-state index >= 15 is 0 Å². The van der Waals surface area contributed by atoms with Gasteiger partial charge in [-0.05, 0) is 25.3 Å². The van der Waals surface area contributed by atoms with E-state index in [1.165, 1.54) is 15.8 Å². The molecule has 1 aliphatic heterocycles. The van der Waals surface area contributed by atoms with Gasteiger partial charge in [0, 0.05) is 22.3 Å². The van der Waals surface area contributed by atoms with E-state index in [0.717, 1.165) is 45.8 Å². The standard InChI is InChI=1S/C19H26N4OS3/c1-6-8-25-17-20-16-14(15-21-22-18(23(15)17)26-11(3)4)12-9-19(5,7-2)24-10-13(12)27-16/h11H,6-10H2,1-5H3/t19-/m0/s1. The van der Waals surface area contributed by atoms with Crippen molar-refractivity contribution in [2.45, 2.75) is 81.7 Å². The molecule has 3 aromatic rings. The molecule has 5 nitrogen and oxygen atoms in total. The lowest BCUT2D eigenvalue weighted by atomic mass is 9.90. The first-order valence-electron chi connectivity index (χ1n) is 9.58. The lowest BCUT2D eigenvalue weighted by Gasteiger charge is -2.33. The Kier molecular flexibility index (Phi) is 5.44. The van der Waals surface area contributed by atoms with Gasteiger partial charge in [0.15, 0.2) is 16.0 Å². The molecule has 1 aliphatic rings. The highest BCUT2D eigenvalue weighted by Gasteiger charge is 2.33. The maximum absolute atomic E-state index is 6.17. The molecule has 0 spiro atoms. The van der Waals surface area contributed by atoms with Crippen molar-refractivity contribution in [1.29, 1.82) is 0 Å². The Bertz CT molecular complexity index is 981. The first kappa shape index (κ1) is 19.5. The summed E-state index contributed by atoms with van der Waals surface area (Å²) < 4.78 is 8.35. The van der Waals surface area contributed by atoms with Crippen LogP contribution in [0.4, 0.5) is 0 Å². The third kappa shape index (κ3) is 3.50. The van der Waals surface area contributed by atoms with Crippen LogP contribution in [0.25, 0.3) is 15.9 Å². The molecule has 0 radical (unpaired) electrons. The third-order valence-electron chi connectivity index (χ3n) is 4.94. The van der Waals surface area contributed by atoms with E-state index < -0.39 is 0 Å². The average molecular weight is 423 g/mol. The topological polar surface area (TPSA) is 52.3 Å². The molecule has 0 amide bonds. The highest BCUT2D eigenvalue weighted by atomic mass is 32.2. The van der Waals surface area contributed by atoms with Gasteiger partial charge in [-0.3, -0.25) is 0 Å². The van der Waals surface area contributed by atoms with Crippen molar-refractivity contribution in [2.24, 2.45) is 0 Å². The molecule has 146 valence electrons. The summed E-state index contributed by atoms with van der Waals surface area (Å²) in [4.78, 5) is 7.42. The summed E-state index contributed by atoms with van der Waals surface area (Å²) in [5.74, 6) is 1.04. The molecule has 0 N–H and O–H groups in total. The minimum Gasteiger partial charge on any atom is -0.369 e. The van der Waals surface area contributed by atoms with Crippen LogP contribution in [0.15, 0.2) is 10.3 Å². The summed E-state index contributed by atoms with van der Waals surface area (Å²) in [5.41, 5.74) is 2.21. The second-order valence-electron chi connectivity index (χ2n) is 7.50. The summed E-state index contributed by atoms with van der Waals surface area (Å²) in [6, 6.07) is 0. The Morgan fingerprint density at radius 1 is 1.26 bits per heavy atom. The molecule has 0 aliphatic carbocycles. The molecule has 0 unspecified atom stereocenters. The van der Waals surface area contributed by atoms with Gasteiger partial charge in [-0.1, -0.05) is 51.2 Å². The predicted molar refractivity (Wildman–Crippen MR) is 115 cm³/mol. The Morgan fingerprint density at radius 3 is 2.78 bits per heavy atom. The lowest BCUT2D eigenvalue weighted by Crippen LogP contribution is -2.33. The Balaban J connectivity index is 1.95. The maximum atomic E-state index is 6.17. The van der Waals surface area contributed by atoms with Gasteiger partial charge >= 0.3 is 0 Å². The number of nitrogens with zero attached hydrogens (tertiary/aromatic N) is 4. The second-order valence-corrected chi connectivity index (χ2v) is 11.2. The molecule has 4 heterocycles. The highest BCUT2D eigenvalue weighted by Crippen LogP contribution is 2.42. The lowest BCUT2D eigenvalue weighted by molar-refractivity contribution is -0.0542. The molecule has 0 bridgehead atoms. The smallest absolute Gasteiger partial charge is 0.197 e. The molecular weight excluding hydrogens is 396 g/mol. The summed E-state index contributed by atoms with van der Waals surface area (Å²) in [6.07, 6.45) is 3.03. The van der Waals surface area contributed by atoms with Crippen LogP contribution < -0.4 is 0 Å². The van der Waals surface area contributed by atoms with Crippen LogP contribution in [0, 0.1) is 0 Å². The van der Waals surface area contributed by atoms with Crippen LogP contribution >= 0.6 is 34.9 Å². The van der Waals surface area contributed by atoms with E-state index in [0.29, 0.717) is 11.9 Å². The molecular formula is C19H26N4OS3. The monoisotopic (exact) mass is 422 g/mol. The summed E-state index contributed by atoms with van der Waals surface area (Å²) in [7, 11) is 0. The molecule has 0 fully saturated rings. The van der Waals surface area contributed by atoms with Crippen LogP contribution in [-0.2, 0) is 17.8 Å². The fraction of sp³-hybridized carbons (Fsp3) is 0.632. The van der Waals surface area contributed by atoms with Crippen LogP contribution in [0.3, 0.4) is 0 Å². The van der Waals surface area contributed by atoms with Gasteiger partial charge in [0.25, 0.3) is 0 Å². The van der Waals surface area contributed by atoms with Crippen molar-refractivity contribution >= 4 is 50.7 Å². The summed E-state index contributed by atoms with van der Waals surface area (Å²) in [5, 5.41) is 12.7. The highest BCUT2D eigenvalue weighted by molar-refractivity contribution is 8.00. The molecule has 8 heteroatoms. The van der Waals surface area contributed by atoms with Crippen molar-refractivity contribution < 1.29 is 4.74 Å². The number of rotatable bonds is 6. The summed E-state index contributed by atoms with van der Waals surface area (Å²) >= 11 is 5.30. The van der Waals surface area contributed by atoms with Crippen molar-refractivity contribution in [3.63, 3.8) is 0 Å². The number of thiophene rings is 1. The minimum absolute atomic E-state index is 0.108. The SMILES string of the molecule is CCCSc1nc2sc3c(c2c2nnc(SC(C)C)n12)C[C@](C)(CC)OC3. The first-order valence-corrected chi connectivity index (χ1v) is 12.3. The van der Waals surface area contributed by atoms with E-state index in [1.807, 2.05) is 0 Å². The molecule has 0 saturated carbocycles. The van der Waals surface area contributed by atoms with Gasteiger partial charge in [-0.15, -0.1) is 21.5 Å². The van der Waals surface area contributed by atoms with E-state index in [4.69, 9.17) is 9.72 Å². The molecule has 0 saturated heterocycles. The van der Waals surface area contributed by atoms with Crippen molar-refractivity contribution in [1.82, 2.24) is 19.6 Å². The molecule has 3 aromatic heterocycles. The minimum atomic E-state index is -0.108. The van der Waals surface area contributed by atoms with Crippen LogP contribution in [0.2, 0.25) is 0 Å². The normalized spacial score (nSPS) is 20.1. The first-order chi connectivity index (χ1) is 13.0. The van der Waals surface area contributed by atoms with Crippen molar-refractivity contribution in [2.75, 3.05) is 5.75 Å². The van der Waals surface area contributed by atoms with Crippen LogP contribution in [-0.4, -0.2) is 36.2 Å². The van der Waals surface area contributed by atoms with Gasteiger partial charge in [0.05, 0.1) is 17.6 Å². The fourth-order valence-corrected chi connectivity index (χ4v) is 6.17. The number of thioether (sulfide) groups is 2. The van der Waals surface area contributed by atoms with E-state index in [2.05, 4.69) is 49.2 Å². The zero-order valence-electron chi connectivity index (χ0n) is 16.5. The Labute approximate surface area is 172 Å². The van der Waals surface area contributed by atoms with E-state index in [1.54, 1.807) is 34.9 Å². The van der Waals surface area contributed by atoms with Gasteiger partial charge < -0.3 is 4.74 Å². The fourth-order valence-electron chi connectivity index (χ4n) is 3.32. The number of hydrogen-bond acceptors (Lipinski definition) is 7. The van der Waals surface area contributed by atoms with E-state index in [-0.39, 0.29) is 5.60 Å². The van der Waals surface area contributed by atoms with Crippen molar-refractivity contribution in [3.8, 4) is 0 Å². The Morgan fingerprint density at radius 2 is 2.07 bits per heavy atom. The van der Waals surface area contributed by atoms with Gasteiger partial charge in [0.2, 0.25) is 0 Å². The Hall–Kier alpha value is -0.830. The number of fused-ring (bicyclic) bond motifs is 5. The second kappa shape index (κ2) is 7.54. The number of ether oxygens (including phenoxy) is 1. The number of aromatic nitrogens is 4. The molecule has 1 atom stereocenters.